The van der Waals surface area contributed by atoms with Gasteiger partial charge in [0.25, 0.3) is 11.8 Å². The molecule has 0 saturated carbocycles. The number of methoxy groups -OCH3 is 1. The van der Waals surface area contributed by atoms with E-state index >= 15 is 0 Å². The highest BCUT2D eigenvalue weighted by Gasteiger charge is 2.19. The Kier molecular flexibility index (Phi) is 6.62. The van der Waals surface area contributed by atoms with Crippen LogP contribution in [0.5, 0.6) is 5.75 Å². The van der Waals surface area contributed by atoms with Crippen molar-refractivity contribution < 1.29 is 19.1 Å². The quantitative estimate of drug-likeness (QED) is 0.619. The first-order valence-corrected chi connectivity index (χ1v) is 10.3. The SMILES string of the molecule is COc1ccccc1Nc1ncccc1C(=O)Nc1cccc(C(=O)N2CCOCC2)c1. The maximum Gasteiger partial charge on any atom is 0.259 e. The lowest BCUT2D eigenvalue weighted by Crippen LogP contribution is -2.40. The predicted molar refractivity (Wildman–Crippen MR) is 122 cm³/mol. The molecule has 0 bridgehead atoms. The van der Waals surface area contributed by atoms with Gasteiger partial charge in [-0.3, -0.25) is 9.59 Å². The second-order valence-corrected chi connectivity index (χ2v) is 7.16. The summed E-state index contributed by atoms with van der Waals surface area (Å²) in [5, 5.41) is 6.03. The molecule has 1 aromatic heterocycles. The molecule has 0 aliphatic carbocycles. The fourth-order valence-electron chi connectivity index (χ4n) is 3.44. The molecule has 32 heavy (non-hydrogen) atoms. The minimum Gasteiger partial charge on any atom is -0.495 e. The van der Waals surface area contributed by atoms with Gasteiger partial charge in [-0.15, -0.1) is 0 Å². The highest BCUT2D eigenvalue weighted by atomic mass is 16.5. The van der Waals surface area contributed by atoms with E-state index in [0.717, 1.165) is 0 Å². The Balaban J connectivity index is 1.52. The molecule has 1 fully saturated rings. The van der Waals surface area contributed by atoms with Crippen LogP contribution in [0.3, 0.4) is 0 Å². The zero-order valence-electron chi connectivity index (χ0n) is 17.7. The Morgan fingerprint density at radius 1 is 1.03 bits per heavy atom. The van der Waals surface area contributed by atoms with E-state index in [-0.39, 0.29) is 11.8 Å². The Hall–Kier alpha value is -3.91. The van der Waals surface area contributed by atoms with E-state index in [1.165, 1.54) is 0 Å². The van der Waals surface area contributed by atoms with Crippen molar-refractivity contribution in [1.29, 1.82) is 0 Å². The molecule has 2 N–H and O–H groups in total. The van der Waals surface area contributed by atoms with Crippen molar-refractivity contribution in [2.45, 2.75) is 0 Å². The standard InChI is InChI=1S/C24H24N4O4/c1-31-21-10-3-2-9-20(21)27-22-19(8-5-11-25-22)23(29)26-18-7-4-6-17(16-18)24(30)28-12-14-32-15-13-28/h2-11,16H,12-15H2,1H3,(H,25,27)(H,26,29). The van der Waals surface area contributed by atoms with Gasteiger partial charge in [-0.2, -0.15) is 0 Å². The molecule has 1 aliphatic heterocycles. The van der Waals surface area contributed by atoms with Crippen molar-refractivity contribution in [2.24, 2.45) is 0 Å². The van der Waals surface area contributed by atoms with Crippen molar-refractivity contribution in [1.82, 2.24) is 9.88 Å². The van der Waals surface area contributed by atoms with Gasteiger partial charge in [0.2, 0.25) is 0 Å². The van der Waals surface area contributed by atoms with Crippen LogP contribution in [0.25, 0.3) is 0 Å². The number of carbonyl (C=O) groups is 2. The van der Waals surface area contributed by atoms with Gasteiger partial charge in [0.15, 0.2) is 0 Å². The number of nitrogens with one attached hydrogen (secondary N) is 2. The van der Waals surface area contributed by atoms with Crippen LogP contribution < -0.4 is 15.4 Å². The number of rotatable bonds is 6. The van der Waals surface area contributed by atoms with Gasteiger partial charge in [0, 0.05) is 30.5 Å². The molecule has 1 aliphatic rings. The number of carbonyl (C=O) groups excluding carboxylic acids is 2. The summed E-state index contributed by atoms with van der Waals surface area (Å²) in [6, 6.07) is 17.7. The maximum absolute atomic E-state index is 13.0. The summed E-state index contributed by atoms with van der Waals surface area (Å²) in [7, 11) is 1.58. The largest absolute Gasteiger partial charge is 0.495 e. The average molecular weight is 432 g/mol. The lowest BCUT2D eigenvalue weighted by atomic mass is 10.1. The number of hydrogen-bond acceptors (Lipinski definition) is 6. The number of amides is 2. The number of aromatic nitrogens is 1. The molecule has 0 spiro atoms. The fourth-order valence-corrected chi connectivity index (χ4v) is 3.44. The summed E-state index contributed by atoms with van der Waals surface area (Å²) in [5.74, 6) is 0.615. The number of anilines is 3. The van der Waals surface area contributed by atoms with Crippen LogP contribution in [-0.4, -0.2) is 55.1 Å². The van der Waals surface area contributed by atoms with E-state index < -0.39 is 0 Å². The van der Waals surface area contributed by atoms with Gasteiger partial charge in [0.05, 0.1) is 31.6 Å². The summed E-state index contributed by atoms with van der Waals surface area (Å²) in [6.45, 7) is 2.18. The molecule has 0 unspecified atom stereocenters. The van der Waals surface area contributed by atoms with E-state index in [0.29, 0.717) is 60.4 Å². The smallest absolute Gasteiger partial charge is 0.259 e. The highest BCUT2D eigenvalue weighted by molar-refractivity contribution is 6.08. The van der Waals surface area contributed by atoms with Crippen LogP contribution in [0, 0.1) is 0 Å². The number of pyridine rings is 1. The lowest BCUT2D eigenvalue weighted by Gasteiger charge is -2.27. The van der Waals surface area contributed by atoms with Gasteiger partial charge < -0.3 is 25.0 Å². The van der Waals surface area contributed by atoms with Crippen LogP contribution in [0.15, 0.2) is 66.9 Å². The zero-order valence-corrected chi connectivity index (χ0v) is 17.7. The topological polar surface area (TPSA) is 92.8 Å². The van der Waals surface area contributed by atoms with Crippen LogP contribution in [-0.2, 0) is 4.74 Å². The first-order chi connectivity index (χ1) is 15.7. The molecule has 1 saturated heterocycles. The number of morpholine rings is 1. The van der Waals surface area contributed by atoms with Gasteiger partial charge >= 0.3 is 0 Å². The summed E-state index contributed by atoms with van der Waals surface area (Å²) < 4.78 is 10.7. The molecular formula is C24H24N4O4. The molecule has 4 rings (SSSR count). The van der Waals surface area contributed by atoms with E-state index in [9.17, 15) is 9.59 Å². The number of para-hydroxylation sites is 2. The molecular weight excluding hydrogens is 408 g/mol. The third-order valence-corrected chi connectivity index (χ3v) is 5.08. The Morgan fingerprint density at radius 2 is 1.84 bits per heavy atom. The van der Waals surface area contributed by atoms with Crippen molar-refractivity contribution in [3.8, 4) is 5.75 Å². The number of benzene rings is 2. The minimum atomic E-state index is -0.341. The van der Waals surface area contributed by atoms with Crippen LogP contribution >= 0.6 is 0 Å². The second-order valence-electron chi connectivity index (χ2n) is 7.16. The van der Waals surface area contributed by atoms with E-state index in [2.05, 4.69) is 15.6 Å². The summed E-state index contributed by atoms with van der Waals surface area (Å²) in [6.07, 6.45) is 1.61. The molecule has 0 atom stereocenters. The predicted octanol–water partition coefficient (Wildman–Crippen LogP) is 3.56. The zero-order chi connectivity index (χ0) is 22.3. The first-order valence-electron chi connectivity index (χ1n) is 10.3. The molecule has 3 aromatic rings. The normalized spacial score (nSPS) is 13.3. The molecule has 8 heteroatoms. The van der Waals surface area contributed by atoms with E-state index in [4.69, 9.17) is 9.47 Å². The molecule has 2 heterocycles. The van der Waals surface area contributed by atoms with E-state index in [1.54, 1.807) is 54.6 Å². The van der Waals surface area contributed by atoms with Crippen LogP contribution in [0.4, 0.5) is 17.2 Å². The Bertz CT molecular complexity index is 1110. The monoisotopic (exact) mass is 432 g/mol. The third kappa shape index (κ3) is 4.87. The van der Waals surface area contributed by atoms with Crippen molar-refractivity contribution in [3.05, 3.63) is 78.0 Å². The van der Waals surface area contributed by atoms with Crippen molar-refractivity contribution in [2.75, 3.05) is 44.0 Å². The Labute approximate surface area is 186 Å². The lowest BCUT2D eigenvalue weighted by molar-refractivity contribution is 0.0303. The van der Waals surface area contributed by atoms with Gasteiger partial charge in [-0.05, 0) is 42.5 Å². The average Bonchev–Trinajstić information content (AvgIpc) is 2.85. The van der Waals surface area contributed by atoms with Crippen LogP contribution in [0.1, 0.15) is 20.7 Å². The minimum absolute atomic E-state index is 0.0793. The Morgan fingerprint density at radius 3 is 2.66 bits per heavy atom. The van der Waals surface area contributed by atoms with Crippen molar-refractivity contribution in [3.63, 3.8) is 0 Å². The third-order valence-electron chi connectivity index (χ3n) is 5.08. The molecule has 2 amide bonds. The molecule has 2 aromatic carbocycles. The van der Waals surface area contributed by atoms with E-state index in [1.807, 2.05) is 24.3 Å². The fraction of sp³-hybridized carbons (Fsp3) is 0.208. The summed E-state index contributed by atoms with van der Waals surface area (Å²) in [4.78, 5) is 31.8. The van der Waals surface area contributed by atoms with Crippen molar-refractivity contribution >= 4 is 29.0 Å². The molecule has 164 valence electrons. The number of nitrogens with zero attached hydrogens (tertiary/aromatic N) is 2. The highest BCUT2D eigenvalue weighted by Crippen LogP contribution is 2.28. The number of ether oxygens (including phenoxy) is 2. The maximum atomic E-state index is 13.0. The first kappa shape index (κ1) is 21.3. The summed E-state index contributed by atoms with van der Waals surface area (Å²) >= 11 is 0. The second kappa shape index (κ2) is 9.93. The van der Waals surface area contributed by atoms with Gasteiger partial charge in [-0.25, -0.2) is 4.98 Å². The molecule has 8 nitrogen and oxygen atoms in total. The number of hydrogen-bond donors (Lipinski definition) is 2. The van der Waals surface area contributed by atoms with Gasteiger partial charge in [-0.1, -0.05) is 18.2 Å². The summed E-state index contributed by atoms with van der Waals surface area (Å²) in [5.41, 5.74) is 2.11. The van der Waals surface area contributed by atoms with Gasteiger partial charge in [0.1, 0.15) is 11.6 Å². The molecule has 0 radical (unpaired) electrons. The van der Waals surface area contributed by atoms with Crippen LogP contribution in [0.2, 0.25) is 0 Å².